The van der Waals surface area contributed by atoms with Gasteiger partial charge in [-0.2, -0.15) is 0 Å². The SMILES string of the molecule is C=CCNS(=O)(=O)c1ccc2c(c1)C1C=CCC1C(c1ccc(C)s1)N2. The molecule has 1 aromatic carbocycles. The zero-order valence-electron chi connectivity index (χ0n) is 14.6. The minimum Gasteiger partial charge on any atom is -0.377 e. The van der Waals surface area contributed by atoms with Gasteiger partial charge in [-0.25, -0.2) is 13.1 Å². The van der Waals surface area contributed by atoms with Crippen molar-refractivity contribution in [1.29, 1.82) is 0 Å². The summed E-state index contributed by atoms with van der Waals surface area (Å²) in [6.07, 6.45) is 6.99. The first kappa shape index (κ1) is 17.5. The van der Waals surface area contributed by atoms with Gasteiger partial charge in [-0.1, -0.05) is 18.2 Å². The normalized spacial score (nSPS) is 24.0. The number of allylic oxidation sites excluding steroid dienone is 2. The summed E-state index contributed by atoms with van der Waals surface area (Å²) in [5.74, 6) is 0.660. The smallest absolute Gasteiger partial charge is 0.240 e. The lowest BCUT2D eigenvalue weighted by Gasteiger charge is -2.37. The molecule has 4 rings (SSSR count). The lowest BCUT2D eigenvalue weighted by molar-refractivity contribution is 0.429. The maximum atomic E-state index is 12.5. The highest BCUT2D eigenvalue weighted by Gasteiger charge is 2.38. The highest BCUT2D eigenvalue weighted by Crippen LogP contribution is 2.51. The van der Waals surface area contributed by atoms with Gasteiger partial charge in [0.2, 0.25) is 10.0 Å². The first-order chi connectivity index (χ1) is 12.5. The molecular weight excluding hydrogens is 364 g/mol. The number of thiophene rings is 1. The highest BCUT2D eigenvalue weighted by molar-refractivity contribution is 7.89. The second-order valence-corrected chi connectivity index (χ2v) is 9.90. The highest BCUT2D eigenvalue weighted by atomic mass is 32.2. The lowest BCUT2D eigenvalue weighted by Crippen LogP contribution is -2.29. The standard InChI is InChI=1S/C20H22N2O2S2/c1-3-11-21-26(23,24)14-8-9-18-17(12-14)15-5-4-6-16(15)20(22-18)19-10-7-13(2)25-19/h3-5,7-10,12,15-16,20-22H,1,6,11H2,2H3. The van der Waals surface area contributed by atoms with Crippen molar-refractivity contribution < 1.29 is 8.42 Å². The van der Waals surface area contributed by atoms with Gasteiger partial charge in [-0.15, -0.1) is 17.9 Å². The molecule has 0 saturated heterocycles. The molecule has 3 unspecified atom stereocenters. The minimum absolute atomic E-state index is 0.226. The molecular formula is C20H22N2O2S2. The predicted molar refractivity (Wildman–Crippen MR) is 107 cm³/mol. The Morgan fingerprint density at radius 1 is 1.35 bits per heavy atom. The van der Waals surface area contributed by atoms with Gasteiger partial charge < -0.3 is 5.32 Å². The van der Waals surface area contributed by atoms with Crippen molar-refractivity contribution in [3.05, 3.63) is 70.5 Å². The van der Waals surface area contributed by atoms with E-state index in [0.29, 0.717) is 10.8 Å². The molecule has 136 valence electrons. The van der Waals surface area contributed by atoms with Gasteiger partial charge in [0, 0.05) is 27.9 Å². The Bertz CT molecular complexity index is 975. The molecule has 1 aromatic heterocycles. The molecule has 0 spiro atoms. The van der Waals surface area contributed by atoms with Crippen molar-refractivity contribution in [2.24, 2.45) is 5.92 Å². The average Bonchev–Trinajstić information content (AvgIpc) is 3.28. The Morgan fingerprint density at radius 3 is 2.92 bits per heavy atom. The van der Waals surface area contributed by atoms with E-state index in [1.54, 1.807) is 12.1 Å². The summed E-state index contributed by atoms with van der Waals surface area (Å²) in [5.41, 5.74) is 2.09. The zero-order valence-corrected chi connectivity index (χ0v) is 16.2. The molecule has 6 heteroatoms. The number of rotatable bonds is 5. The first-order valence-corrected chi connectivity index (χ1v) is 11.0. The van der Waals surface area contributed by atoms with Gasteiger partial charge in [0.1, 0.15) is 0 Å². The largest absolute Gasteiger partial charge is 0.377 e. The fourth-order valence-corrected chi connectivity index (χ4v) is 5.93. The first-order valence-electron chi connectivity index (χ1n) is 8.73. The van der Waals surface area contributed by atoms with Crippen LogP contribution in [0.2, 0.25) is 0 Å². The van der Waals surface area contributed by atoms with Crippen LogP contribution in [0.5, 0.6) is 0 Å². The number of sulfonamides is 1. The van der Waals surface area contributed by atoms with Crippen LogP contribution in [0.25, 0.3) is 0 Å². The third kappa shape index (κ3) is 3.02. The van der Waals surface area contributed by atoms with E-state index in [-0.39, 0.29) is 18.5 Å². The molecule has 26 heavy (non-hydrogen) atoms. The molecule has 0 fully saturated rings. The number of hydrogen-bond donors (Lipinski definition) is 2. The van der Waals surface area contributed by atoms with Gasteiger partial charge >= 0.3 is 0 Å². The molecule has 3 atom stereocenters. The molecule has 0 radical (unpaired) electrons. The van der Waals surface area contributed by atoms with E-state index in [1.165, 1.54) is 9.75 Å². The number of anilines is 1. The fraction of sp³-hybridized carbons (Fsp3) is 0.300. The summed E-state index contributed by atoms with van der Waals surface area (Å²) in [6, 6.07) is 10.0. The van der Waals surface area contributed by atoms with Crippen LogP contribution >= 0.6 is 11.3 Å². The Morgan fingerprint density at radius 2 is 2.19 bits per heavy atom. The van der Waals surface area contributed by atoms with E-state index < -0.39 is 10.0 Å². The van der Waals surface area contributed by atoms with Crippen LogP contribution in [0.4, 0.5) is 5.69 Å². The van der Waals surface area contributed by atoms with Crippen LogP contribution in [0.15, 0.2) is 60.0 Å². The Hall–Kier alpha value is -1.89. The van der Waals surface area contributed by atoms with Crippen LogP contribution < -0.4 is 10.0 Å². The summed E-state index contributed by atoms with van der Waals surface area (Å²) >= 11 is 1.83. The number of benzene rings is 1. The van der Waals surface area contributed by atoms with Crippen molar-refractivity contribution in [3.8, 4) is 0 Å². The molecule has 0 amide bonds. The molecule has 0 bridgehead atoms. The third-order valence-corrected chi connectivity index (χ3v) is 7.63. The molecule has 0 saturated carbocycles. The molecule has 4 nitrogen and oxygen atoms in total. The van der Waals surface area contributed by atoms with Crippen molar-refractivity contribution in [3.63, 3.8) is 0 Å². The Balaban J connectivity index is 1.72. The van der Waals surface area contributed by atoms with Crippen molar-refractivity contribution >= 4 is 27.0 Å². The van der Waals surface area contributed by atoms with E-state index in [9.17, 15) is 8.42 Å². The summed E-state index contributed by atoms with van der Waals surface area (Å²) in [7, 11) is -3.52. The lowest BCUT2D eigenvalue weighted by atomic mass is 9.79. The zero-order chi connectivity index (χ0) is 18.3. The number of fused-ring (bicyclic) bond motifs is 3. The van der Waals surface area contributed by atoms with Gasteiger partial charge in [0.05, 0.1) is 10.9 Å². The van der Waals surface area contributed by atoms with Crippen LogP contribution in [0.1, 0.15) is 33.7 Å². The van der Waals surface area contributed by atoms with Crippen molar-refractivity contribution in [1.82, 2.24) is 4.72 Å². The van der Waals surface area contributed by atoms with Crippen LogP contribution in [0.3, 0.4) is 0 Å². The minimum atomic E-state index is -3.52. The molecule has 2 aliphatic rings. The topological polar surface area (TPSA) is 58.2 Å². The van der Waals surface area contributed by atoms with Gasteiger partial charge in [-0.05, 0) is 55.2 Å². The van der Waals surface area contributed by atoms with E-state index in [0.717, 1.165) is 17.7 Å². The Labute approximate surface area is 158 Å². The molecule has 2 heterocycles. The third-order valence-electron chi connectivity index (χ3n) is 5.13. The second-order valence-electron chi connectivity index (χ2n) is 6.81. The summed E-state index contributed by atoms with van der Waals surface area (Å²) in [4.78, 5) is 2.96. The maximum absolute atomic E-state index is 12.5. The number of aryl methyl sites for hydroxylation is 1. The summed E-state index contributed by atoms with van der Waals surface area (Å²) < 4.78 is 27.5. The van der Waals surface area contributed by atoms with Gasteiger partial charge in [0.25, 0.3) is 0 Å². The average molecular weight is 387 g/mol. The van der Waals surface area contributed by atoms with E-state index in [1.807, 2.05) is 23.5 Å². The molecule has 2 N–H and O–H groups in total. The number of nitrogens with one attached hydrogen (secondary N) is 2. The van der Waals surface area contributed by atoms with Crippen LogP contribution in [-0.4, -0.2) is 15.0 Å². The maximum Gasteiger partial charge on any atom is 0.240 e. The quantitative estimate of drug-likeness (QED) is 0.751. The van der Waals surface area contributed by atoms with Crippen molar-refractivity contribution in [2.45, 2.75) is 30.2 Å². The number of hydrogen-bond acceptors (Lipinski definition) is 4. The van der Waals surface area contributed by atoms with Crippen molar-refractivity contribution in [2.75, 3.05) is 11.9 Å². The van der Waals surface area contributed by atoms with Gasteiger partial charge in [0.15, 0.2) is 0 Å². The molecule has 1 aliphatic heterocycles. The van der Waals surface area contributed by atoms with Crippen LogP contribution in [-0.2, 0) is 10.0 Å². The Kier molecular flexibility index (Phi) is 4.50. The molecule has 1 aliphatic carbocycles. The van der Waals surface area contributed by atoms with Gasteiger partial charge in [-0.3, -0.25) is 0 Å². The summed E-state index contributed by atoms with van der Waals surface area (Å²) in [6.45, 7) is 5.92. The monoisotopic (exact) mass is 386 g/mol. The fourth-order valence-electron chi connectivity index (χ4n) is 3.89. The second kappa shape index (κ2) is 6.68. The van der Waals surface area contributed by atoms with E-state index in [2.05, 4.69) is 47.8 Å². The predicted octanol–water partition coefficient (Wildman–Crippen LogP) is 4.35. The van der Waals surface area contributed by atoms with Crippen LogP contribution in [0, 0.1) is 12.8 Å². The van der Waals surface area contributed by atoms with E-state index in [4.69, 9.17) is 0 Å². The molecule has 2 aromatic rings. The van der Waals surface area contributed by atoms with E-state index >= 15 is 0 Å². The summed E-state index contributed by atoms with van der Waals surface area (Å²) in [5, 5.41) is 3.66.